The fourth-order valence-electron chi connectivity index (χ4n) is 2.30. The molecule has 0 fully saturated rings. The minimum atomic E-state index is -4.11. The number of nitrogens with zero attached hydrogens (tertiary/aromatic N) is 2. The van der Waals surface area contributed by atoms with Gasteiger partial charge in [-0.25, -0.2) is 0 Å². The molecule has 0 aliphatic rings. The monoisotopic (exact) mass is 350 g/mol. The van der Waals surface area contributed by atoms with E-state index in [-0.39, 0.29) is 10.6 Å². The SMILES string of the molecule is Cc1ccc(/C(C#N)=N\OS(=O)(=O)c2ccc3ccccc3c2)cc1. The van der Waals surface area contributed by atoms with Crippen molar-refractivity contribution in [3.05, 3.63) is 77.9 Å². The molecule has 0 saturated carbocycles. The van der Waals surface area contributed by atoms with Gasteiger partial charge in [-0.05, 0) is 29.8 Å². The van der Waals surface area contributed by atoms with Crippen LogP contribution in [0.4, 0.5) is 0 Å². The van der Waals surface area contributed by atoms with E-state index in [0.717, 1.165) is 16.3 Å². The molecule has 0 saturated heterocycles. The van der Waals surface area contributed by atoms with E-state index in [1.54, 1.807) is 30.3 Å². The molecule has 0 amide bonds. The molecule has 0 bridgehead atoms. The van der Waals surface area contributed by atoms with E-state index in [9.17, 15) is 13.7 Å². The van der Waals surface area contributed by atoms with E-state index in [1.165, 1.54) is 12.1 Å². The Morgan fingerprint density at radius 3 is 2.36 bits per heavy atom. The fourth-order valence-corrected chi connectivity index (χ4v) is 3.07. The van der Waals surface area contributed by atoms with Crippen LogP contribution in [0.15, 0.2) is 76.8 Å². The van der Waals surface area contributed by atoms with Crippen molar-refractivity contribution in [1.29, 1.82) is 5.26 Å². The molecule has 0 atom stereocenters. The predicted molar refractivity (Wildman–Crippen MR) is 95.5 cm³/mol. The van der Waals surface area contributed by atoms with E-state index in [1.807, 2.05) is 37.3 Å². The summed E-state index contributed by atoms with van der Waals surface area (Å²) in [5.74, 6) is 0. The summed E-state index contributed by atoms with van der Waals surface area (Å²) in [6, 6.07) is 20.9. The Labute approximate surface area is 145 Å². The summed E-state index contributed by atoms with van der Waals surface area (Å²) in [5.41, 5.74) is 1.40. The van der Waals surface area contributed by atoms with Crippen LogP contribution < -0.4 is 0 Å². The molecule has 0 aromatic heterocycles. The van der Waals surface area contributed by atoms with Gasteiger partial charge in [0.1, 0.15) is 11.0 Å². The largest absolute Gasteiger partial charge is 0.358 e. The number of hydrogen-bond donors (Lipinski definition) is 0. The summed E-state index contributed by atoms with van der Waals surface area (Å²) in [7, 11) is -4.11. The second-order valence-corrected chi connectivity index (χ2v) is 6.98. The average molecular weight is 350 g/mol. The molecule has 3 rings (SSSR count). The van der Waals surface area contributed by atoms with Gasteiger partial charge in [-0.3, -0.25) is 4.28 Å². The summed E-state index contributed by atoms with van der Waals surface area (Å²) in [5, 5.41) is 14.4. The maximum atomic E-state index is 12.3. The third-order valence-corrected chi connectivity index (χ3v) is 4.77. The van der Waals surface area contributed by atoms with Crippen molar-refractivity contribution in [3.63, 3.8) is 0 Å². The Balaban J connectivity index is 1.91. The first-order chi connectivity index (χ1) is 12.0. The van der Waals surface area contributed by atoms with Crippen molar-refractivity contribution < 1.29 is 12.7 Å². The molecule has 3 aromatic rings. The van der Waals surface area contributed by atoms with E-state index >= 15 is 0 Å². The lowest BCUT2D eigenvalue weighted by molar-refractivity contribution is 0.339. The van der Waals surface area contributed by atoms with Crippen LogP contribution in [-0.4, -0.2) is 14.1 Å². The zero-order valence-corrected chi connectivity index (χ0v) is 14.2. The van der Waals surface area contributed by atoms with Crippen LogP contribution in [0.2, 0.25) is 0 Å². The van der Waals surface area contributed by atoms with Gasteiger partial charge in [0.2, 0.25) is 0 Å². The molecule has 0 radical (unpaired) electrons. The molecule has 6 heteroatoms. The Bertz CT molecular complexity index is 1100. The number of fused-ring (bicyclic) bond motifs is 1. The normalized spacial score (nSPS) is 11.9. The standard InChI is InChI=1S/C19H14N2O3S/c1-14-6-8-16(9-7-14)19(13-20)21-24-25(22,23)18-11-10-15-4-2-3-5-17(15)12-18/h2-12H,1H3/b21-19-. The first-order valence-corrected chi connectivity index (χ1v) is 8.88. The Kier molecular flexibility index (Phi) is 4.50. The Hall–Kier alpha value is -3.17. The molecule has 0 spiro atoms. The first-order valence-electron chi connectivity index (χ1n) is 7.47. The third kappa shape index (κ3) is 3.67. The van der Waals surface area contributed by atoms with Crippen LogP contribution in [0.5, 0.6) is 0 Å². The molecule has 124 valence electrons. The molecule has 0 heterocycles. The van der Waals surface area contributed by atoms with Crippen molar-refractivity contribution in [2.45, 2.75) is 11.8 Å². The Morgan fingerprint density at radius 2 is 1.68 bits per heavy atom. The van der Waals surface area contributed by atoms with E-state index in [0.29, 0.717) is 5.56 Å². The van der Waals surface area contributed by atoms with Gasteiger partial charge in [0.05, 0.1) is 0 Å². The third-order valence-electron chi connectivity index (χ3n) is 3.67. The molecule has 3 aromatic carbocycles. The highest BCUT2D eigenvalue weighted by molar-refractivity contribution is 7.86. The molecule has 0 unspecified atom stereocenters. The van der Waals surface area contributed by atoms with Crippen molar-refractivity contribution in [1.82, 2.24) is 0 Å². The van der Waals surface area contributed by atoms with Gasteiger partial charge in [-0.1, -0.05) is 65.3 Å². The molecular weight excluding hydrogens is 336 g/mol. The number of nitriles is 1. The van der Waals surface area contributed by atoms with Crippen LogP contribution in [0.3, 0.4) is 0 Å². The molecule has 25 heavy (non-hydrogen) atoms. The van der Waals surface area contributed by atoms with Crippen molar-refractivity contribution in [2.75, 3.05) is 0 Å². The summed E-state index contributed by atoms with van der Waals surface area (Å²) in [6.45, 7) is 1.91. The fraction of sp³-hybridized carbons (Fsp3) is 0.0526. The number of rotatable bonds is 4. The smallest absolute Gasteiger partial charge is 0.263 e. The first kappa shape index (κ1) is 16.7. The van der Waals surface area contributed by atoms with Gasteiger partial charge in [0.25, 0.3) is 0 Å². The highest BCUT2D eigenvalue weighted by Gasteiger charge is 2.17. The number of benzene rings is 3. The van der Waals surface area contributed by atoms with Gasteiger partial charge < -0.3 is 0 Å². The highest BCUT2D eigenvalue weighted by Crippen LogP contribution is 2.20. The van der Waals surface area contributed by atoms with E-state index in [2.05, 4.69) is 5.16 Å². The number of hydrogen-bond acceptors (Lipinski definition) is 5. The van der Waals surface area contributed by atoms with Crippen LogP contribution in [-0.2, 0) is 14.4 Å². The lowest BCUT2D eigenvalue weighted by atomic mass is 10.1. The summed E-state index contributed by atoms with van der Waals surface area (Å²) in [4.78, 5) is -0.0175. The van der Waals surface area contributed by atoms with Crippen LogP contribution in [0.25, 0.3) is 10.8 Å². The molecule has 0 aliphatic heterocycles. The lowest BCUT2D eigenvalue weighted by Gasteiger charge is -2.04. The summed E-state index contributed by atoms with van der Waals surface area (Å²) >= 11 is 0. The van der Waals surface area contributed by atoms with Crippen molar-refractivity contribution in [2.24, 2.45) is 5.16 Å². The van der Waals surface area contributed by atoms with Crippen LogP contribution in [0, 0.1) is 18.3 Å². The van der Waals surface area contributed by atoms with Gasteiger partial charge in [-0.15, -0.1) is 0 Å². The molecule has 5 nitrogen and oxygen atoms in total. The lowest BCUT2D eigenvalue weighted by Crippen LogP contribution is -2.06. The maximum absolute atomic E-state index is 12.3. The molecular formula is C19H14N2O3S. The highest BCUT2D eigenvalue weighted by atomic mass is 32.2. The molecule has 0 N–H and O–H groups in total. The van der Waals surface area contributed by atoms with Crippen LogP contribution >= 0.6 is 0 Å². The maximum Gasteiger partial charge on any atom is 0.358 e. The second kappa shape index (κ2) is 6.75. The summed E-state index contributed by atoms with van der Waals surface area (Å²) in [6.07, 6.45) is 0. The van der Waals surface area contributed by atoms with Crippen molar-refractivity contribution >= 4 is 26.6 Å². The minimum absolute atomic E-state index is 0.0175. The second-order valence-electron chi connectivity index (χ2n) is 5.46. The summed E-state index contributed by atoms with van der Waals surface area (Å²) < 4.78 is 29.4. The van der Waals surface area contributed by atoms with Gasteiger partial charge in [-0.2, -0.15) is 13.7 Å². The van der Waals surface area contributed by atoms with Crippen LogP contribution in [0.1, 0.15) is 11.1 Å². The predicted octanol–water partition coefficient (Wildman–Crippen LogP) is 3.78. The quantitative estimate of drug-likeness (QED) is 0.530. The van der Waals surface area contributed by atoms with Gasteiger partial charge >= 0.3 is 10.1 Å². The minimum Gasteiger partial charge on any atom is -0.263 e. The topological polar surface area (TPSA) is 79.5 Å². The average Bonchev–Trinajstić information content (AvgIpc) is 2.63. The number of aryl methyl sites for hydroxylation is 1. The zero-order valence-electron chi connectivity index (χ0n) is 13.4. The van der Waals surface area contributed by atoms with E-state index in [4.69, 9.17) is 4.28 Å². The number of oxime groups is 1. The van der Waals surface area contributed by atoms with Gasteiger partial charge in [0, 0.05) is 5.56 Å². The van der Waals surface area contributed by atoms with Gasteiger partial charge in [0.15, 0.2) is 5.71 Å². The zero-order chi connectivity index (χ0) is 17.9. The van der Waals surface area contributed by atoms with E-state index < -0.39 is 10.1 Å². The molecule has 0 aliphatic carbocycles. The van der Waals surface area contributed by atoms with Crippen molar-refractivity contribution in [3.8, 4) is 6.07 Å². The Morgan fingerprint density at radius 1 is 1.00 bits per heavy atom.